The van der Waals surface area contributed by atoms with Gasteiger partial charge in [0.2, 0.25) is 5.91 Å². The van der Waals surface area contributed by atoms with Gasteiger partial charge in [-0.15, -0.1) is 24.2 Å². The first-order valence-electron chi connectivity index (χ1n) is 6.81. The lowest BCUT2D eigenvalue weighted by atomic mass is 10.2. The topological polar surface area (TPSA) is 32.3 Å². The summed E-state index contributed by atoms with van der Waals surface area (Å²) in [5, 5.41) is 3.32. The highest BCUT2D eigenvalue weighted by atomic mass is 35.5. The lowest BCUT2D eigenvalue weighted by Gasteiger charge is -2.26. The number of nitrogens with one attached hydrogen (secondary N) is 1. The van der Waals surface area contributed by atoms with Crippen molar-refractivity contribution < 1.29 is 4.79 Å². The van der Waals surface area contributed by atoms with Crippen LogP contribution < -0.4 is 5.32 Å². The van der Waals surface area contributed by atoms with E-state index >= 15 is 0 Å². The quantitative estimate of drug-likeness (QED) is 0.906. The van der Waals surface area contributed by atoms with Crippen LogP contribution in [0.25, 0.3) is 0 Å². The summed E-state index contributed by atoms with van der Waals surface area (Å²) in [7, 11) is 1.93. The average molecular weight is 315 g/mol. The standard InChI is InChI=1S/C15H22N2OS.ClH/c1-12(19-11-13-6-4-3-5-7-13)15(18)17(2)14-8-9-16-10-14;/h3-7,12,14,16H,8-11H2,1-2H3;1H. The van der Waals surface area contributed by atoms with E-state index in [1.165, 1.54) is 5.56 Å². The molecule has 0 spiro atoms. The molecule has 3 nitrogen and oxygen atoms in total. The molecule has 1 aliphatic heterocycles. The van der Waals surface area contributed by atoms with Crippen LogP contribution in [0.15, 0.2) is 30.3 Å². The molecule has 5 heteroatoms. The zero-order valence-corrected chi connectivity index (χ0v) is 13.7. The molecule has 1 aromatic rings. The smallest absolute Gasteiger partial charge is 0.235 e. The highest BCUT2D eigenvalue weighted by Crippen LogP contribution is 2.20. The van der Waals surface area contributed by atoms with E-state index < -0.39 is 0 Å². The van der Waals surface area contributed by atoms with Crippen LogP contribution in [0.5, 0.6) is 0 Å². The summed E-state index contributed by atoms with van der Waals surface area (Å²) < 4.78 is 0. The van der Waals surface area contributed by atoms with Crippen molar-refractivity contribution in [2.24, 2.45) is 0 Å². The summed E-state index contributed by atoms with van der Waals surface area (Å²) in [5.74, 6) is 1.14. The number of likely N-dealkylation sites (N-methyl/N-ethyl adjacent to an activating group) is 1. The highest BCUT2D eigenvalue weighted by Gasteiger charge is 2.26. The minimum Gasteiger partial charge on any atom is -0.340 e. The van der Waals surface area contributed by atoms with Gasteiger partial charge in [-0.2, -0.15) is 0 Å². The molecule has 20 heavy (non-hydrogen) atoms. The maximum atomic E-state index is 12.3. The van der Waals surface area contributed by atoms with Crippen molar-refractivity contribution in [3.8, 4) is 0 Å². The monoisotopic (exact) mass is 314 g/mol. The molecule has 1 heterocycles. The van der Waals surface area contributed by atoms with E-state index in [0.29, 0.717) is 6.04 Å². The Labute approximate surface area is 131 Å². The van der Waals surface area contributed by atoms with Crippen molar-refractivity contribution >= 4 is 30.1 Å². The van der Waals surface area contributed by atoms with Crippen molar-refractivity contribution in [2.75, 3.05) is 20.1 Å². The minimum absolute atomic E-state index is 0. The van der Waals surface area contributed by atoms with Gasteiger partial charge < -0.3 is 10.2 Å². The number of carbonyl (C=O) groups is 1. The molecule has 0 radical (unpaired) electrons. The van der Waals surface area contributed by atoms with E-state index in [1.807, 2.05) is 37.1 Å². The van der Waals surface area contributed by atoms with Crippen molar-refractivity contribution in [2.45, 2.75) is 30.4 Å². The van der Waals surface area contributed by atoms with Gasteiger partial charge in [-0.1, -0.05) is 30.3 Å². The second kappa shape index (κ2) is 8.55. The predicted molar refractivity (Wildman–Crippen MR) is 88.5 cm³/mol. The van der Waals surface area contributed by atoms with Gasteiger partial charge in [0.05, 0.1) is 5.25 Å². The van der Waals surface area contributed by atoms with Crippen molar-refractivity contribution in [1.82, 2.24) is 10.2 Å². The number of nitrogens with zero attached hydrogens (tertiary/aromatic N) is 1. The second-order valence-corrected chi connectivity index (χ2v) is 6.36. The maximum Gasteiger partial charge on any atom is 0.235 e. The first-order chi connectivity index (χ1) is 9.18. The van der Waals surface area contributed by atoms with Gasteiger partial charge in [0, 0.05) is 25.4 Å². The lowest BCUT2D eigenvalue weighted by Crippen LogP contribution is -2.42. The molecule has 0 saturated carbocycles. The van der Waals surface area contributed by atoms with E-state index in [9.17, 15) is 4.79 Å². The highest BCUT2D eigenvalue weighted by molar-refractivity contribution is 7.99. The molecule has 1 aliphatic rings. The largest absolute Gasteiger partial charge is 0.340 e. The average Bonchev–Trinajstić information content (AvgIpc) is 2.98. The Bertz CT molecular complexity index is 410. The number of thioether (sulfide) groups is 1. The third-order valence-electron chi connectivity index (χ3n) is 3.62. The Morgan fingerprint density at radius 1 is 1.45 bits per heavy atom. The number of hydrogen-bond donors (Lipinski definition) is 1. The molecule has 2 rings (SSSR count). The fraction of sp³-hybridized carbons (Fsp3) is 0.533. The van der Waals surface area contributed by atoms with Crippen LogP contribution in [-0.4, -0.2) is 42.2 Å². The first kappa shape index (κ1) is 17.3. The zero-order valence-electron chi connectivity index (χ0n) is 12.0. The van der Waals surface area contributed by atoms with Gasteiger partial charge >= 0.3 is 0 Å². The van der Waals surface area contributed by atoms with Crippen molar-refractivity contribution in [3.05, 3.63) is 35.9 Å². The Morgan fingerprint density at radius 3 is 2.75 bits per heavy atom. The first-order valence-corrected chi connectivity index (χ1v) is 7.86. The number of amides is 1. The molecule has 0 aliphatic carbocycles. The molecule has 2 atom stereocenters. The van der Waals surface area contributed by atoms with Gasteiger partial charge in [0.1, 0.15) is 0 Å². The molecular formula is C15H23ClN2OS. The normalized spacial score (nSPS) is 19.2. The van der Waals surface area contributed by atoms with Gasteiger partial charge in [-0.05, 0) is 25.5 Å². The van der Waals surface area contributed by atoms with Crippen LogP contribution >= 0.6 is 24.2 Å². The van der Waals surface area contributed by atoms with Gasteiger partial charge in [-0.25, -0.2) is 0 Å². The molecule has 112 valence electrons. The van der Waals surface area contributed by atoms with Crippen LogP contribution in [0.2, 0.25) is 0 Å². The molecule has 1 N–H and O–H groups in total. The summed E-state index contributed by atoms with van der Waals surface area (Å²) >= 11 is 1.71. The number of rotatable bonds is 5. The Morgan fingerprint density at radius 2 is 2.15 bits per heavy atom. The van der Waals surface area contributed by atoms with E-state index in [1.54, 1.807) is 11.8 Å². The number of halogens is 1. The van der Waals surface area contributed by atoms with Crippen LogP contribution in [0.3, 0.4) is 0 Å². The third kappa shape index (κ3) is 4.69. The summed E-state index contributed by atoms with van der Waals surface area (Å²) in [5.41, 5.74) is 1.28. The summed E-state index contributed by atoms with van der Waals surface area (Å²) in [6.45, 7) is 3.96. The number of carbonyl (C=O) groups excluding carboxylic acids is 1. The van der Waals surface area contributed by atoms with Crippen molar-refractivity contribution in [3.63, 3.8) is 0 Å². The molecule has 0 bridgehead atoms. The Hall–Kier alpha value is -0.710. The van der Waals surface area contributed by atoms with Gasteiger partial charge in [0.25, 0.3) is 0 Å². The predicted octanol–water partition coefficient (Wildman–Crippen LogP) is 2.55. The molecular weight excluding hydrogens is 292 g/mol. The summed E-state index contributed by atoms with van der Waals surface area (Å²) in [4.78, 5) is 14.2. The van der Waals surface area contributed by atoms with E-state index in [2.05, 4.69) is 17.4 Å². The lowest BCUT2D eigenvalue weighted by molar-refractivity contribution is -0.130. The Balaban J connectivity index is 0.00000200. The number of hydrogen-bond acceptors (Lipinski definition) is 3. The van der Waals surface area contributed by atoms with Crippen LogP contribution in [0.4, 0.5) is 0 Å². The van der Waals surface area contributed by atoms with Crippen LogP contribution in [0, 0.1) is 0 Å². The van der Waals surface area contributed by atoms with Crippen LogP contribution in [0.1, 0.15) is 18.9 Å². The molecule has 1 fully saturated rings. The molecule has 1 saturated heterocycles. The number of benzene rings is 1. The molecule has 1 aromatic carbocycles. The maximum absolute atomic E-state index is 12.3. The van der Waals surface area contributed by atoms with E-state index in [4.69, 9.17) is 0 Å². The van der Waals surface area contributed by atoms with E-state index in [-0.39, 0.29) is 23.6 Å². The molecule has 1 amide bonds. The molecule has 0 aromatic heterocycles. The van der Waals surface area contributed by atoms with Gasteiger partial charge in [0.15, 0.2) is 0 Å². The zero-order chi connectivity index (χ0) is 13.7. The fourth-order valence-corrected chi connectivity index (χ4v) is 3.25. The summed E-state index contributed by atoms with van der Waals surface area (Å²) in [6, 6.07) is 10.7. The fourth-order valence-electron chi connectivity index (χ4n) is 2.30. The Kier molecular flexibility index (Phi) is 7.41. The summed E-state index contributed by atoms with van der Waals surface area (Å²) in [6.07, 6.45) is 1.07. The van der Waals surface area contributed by atoms with E-state index in [0.717, 1.165) is 25.3 Å². The second-order valence-electron chi connectivity index (χ2n) is 5.03. The van der Waals surface area contributed by atoms with Crippen molar-refractivity contribution in [1.29, 1.82) is 0 Å². The minimum atomic E-state index is 0. The van der Waals surface area contributed by atoms with Crippen LogP contribution in [-0.2, 0) is 10.5 Å². The third-order valence-corrected chi connectivity index (χ3v) is 4.82. The molecule has 2 unspecified atom stereocenters. The SMILES string of the molecule is CC(SCc1ccccc1)C(=O)N(C)C1CCNC1.Cl. The van der Waals surface area contributed by atoms with Gasteiger partial charge in [-0.3, -0.25) is 4.79 Å².